The smallest absolute Gasteiger partial charge is 0.416 e. The lowest BCUT2D eigenvalue weighted by molar-refractivity contribution is -0.145. The number of hydrogen-bond acceptors (Lipinski definition) is 1. The molecule has 1 fully saturated rings. The summed E-state index contributed by atoms with van der Waals surface area (Å²) in [5.41, 5.74) is -1.30. The second-order valence-corrected chi connectivity index (χ2v) is 6.18. The Kier molecular flexibility index (Phi) is 3.15. The Morgan fingerprint density at radius 1 is 1.25 bits per heavy atom. The molecule has 0 heterocycles. The molecule has 110 valence electrons. The summed E-state index contributed by atoms with van der Waals surface area (Å²) in [7, 11) is 0. The Bertz CT molecular complexity index is 531. The summed E-state index contributed by atoms with van der Waals surface area (Å²) in [6.07, 6.45) is -3.83. The normalized spacial score (nSPS) is 26.1. The minimum atomic E-state index is -4.37. The van der Waals surface area contributed by atoms with Crippen molar-refractivity contribution in [1.29, 1.82) is 0 Å². The van der Waals surface area contributed by atoms with Crippen molar-refractivity contribution >= 4 is 5.97 Å². The number of benzene rings is 1. The van der Waals surface area contributed by atoms with Crippen LogP contribution in [-0.2, 0) is 11.0 Å². The predicted molar refractivity (Wildman–Crippen MR) is 68.3 cm³/mol. The van der Waals surface area contributed by atoms with Crippen molar-refractivity contribution in [3.8, 4) is 0 Å². The quantitative estimate of drug-likeness (QED) is 0.899. The van der Waals surface area contributed by atoms with Gasteiger partial charge in [0.15, 0.2) is 0 Å². The van der Waals surface area contributed by atoms with Gasteiger partial charge in [-0.1, -0.05) is 32.9 Å². The van der Waals surface area contributed by atoms with E-state index in [1.165, 1.54) is 12.1 Å². The van der Waals surface area contributed by atoms with Crippen LogP contribution in [0.1, 0.15) is 44.2 Å². The summed E-state index contributed by atoms with van der Waals surface area (Å²) in [4.78, 5) is 11.6. The highest BCUT2D eigenvalue weighted by atomic mass is 19.4. The first-order chi connectivity index (χ1) is 9.02. The first-order valence-electron chi connectivity index (χ1n) is 6.43. The topological polar surface area (TPSA) is 37.3 Å². The summed E-state index contributed by atoms with van der Waals surface area (Å²) in [5.74, 6) is -1.20. The Labute approximate surface area is 115 Å². The molecule has 5 heteroatoms. The molecule has 20 heavy (non-hydrogen) atoms. The predicted octanol–water partition coefficient (Wildman–Crippen LogP) is 4.31. The van der Waals surface area contributed by atoms with E-state index < -0.39 is 23.1 Å². The molecule has 0 saturated heterocycles. The van der Waals surface area contributed by atoms with Crippen molar-refractivity contribution in [3.63, 3.8) is 0 Å². The first kappa shape index (κ1) is 14.9. The fraction of sp³-hybridized carbons (Fsp3) is 0.533. The molecule has 0 bridgehead atoms. The van der Waals surface area contributed by atoms with E-state index >= 15 is 0 Å². The third-order valence-corrected chi connectivity index (χ3v) is 4.66. The lowest BCUT2D eigenvalue weighted by atomic mass is 9.79. The zero-order chi connectivity index (χ0) is 15.3. The van der Waals surface area contributed by atoms with Crippen molar-refractivity contribution in [2.75, 3.05) is 0 Å². The van der Waals surface area contributed by atoms with E-state index in [1.807, 2.05) is 13.8 Å². The molecule has 1 aromatic carbocycles. The number of carbonyl (C=O) groups is 1. The van der Waals surface area contributed by atoms with Crippen LogP contribution in [0.5, 0.6) is 0 Å². The molecule has 1 aromatic rings. The van der Waals surface area contributed by atoms with Crippen LogP contribution in [0.15, 0.2) is 24.3 Å². The molecule has 2 rings (SSSR count). The first-order valence-corrected chi connectivity index (χ1v) is 6.43. The second-order valence-electron chi connectivity index (χ2n) is 6.18. The van der Waals surface area contributed by atoms with Gasteiger partial charge in [-0.3, -0.25) is 4.79 Å². The third kappa shape index (κ3) is 2.09. The molecule has 2 unspecified atom stereocenters. The van der Waals surface area contributed by atoms with Crippen LogP contribution in [0, 0.1) is 10.8 Å². The zero-order valence-electron chi connectivity index (χ0n) is 11.6. The molecule has 0 aromatic heterocycles. The number of carboxylic acid groups (broad SMARTS) is 1. The average molecular weight is 286 g/mol. The number of alkyl halides is 3. The minimum Gasteiger partial charge on any atom is -0.481 e. The molecule has 2 atom stereocenters. The summed E-state index contributed by atoms with van der Waals surface area (Å²) < 4.78 is 37.6. The molecule has 1 aliphatic rings. The summed E-state index contributed by atoms with van der Waals surface area (Å²) >= 11 is 0. The Morgan fingerprint density at radius 3 is 2.00 bits per heavy atom. The van der Waals surface area contributed by atoms with E-state index in [-0.39, 0.29) is 11.3 Å². The van der Waals surface area contributed by atoms with Crippen LogP contribution in [0.4, 0.5) is 13.2 Å². The molecule has 1 saturated carbocycles. The second kappa shape index (κ2) is 4.24. The van der Waals surface area contributed by atoms with Crippen LogP contribution in [0.25, 0.3) is 0 Å². The van der Waals surface area contributed by atoms with E-state index in [2.05, 4.69) is 0 Å². The number of rotatable bonds is 3. The zero-order valence-corrected chi connectivity index (χ0v) is 11.6. The van der Waals surface area contributed by atoms with Crippen LogP contribution in [0.2, 0.25) is 0 Å². The molecular formula is C15H17F3O2. The minimum absolute atomic E-state index is 0.322. The van der Waals surface area contributed by atoms with Crippen molar-refractivity contribution in [2.45, 2.75) is 39.3 Å². The monoisotopic (exact) mass is 286 g/mol. The van der Waals surface area contributed by atoms with Gasteiger partial charge < -0.3 is 5.11 Å². The van der Waals surface area contributed by atoms with Crippen LogP contribution >= 0.6 is 0 Å². The number of hydrogen-bond donors (Lipinski definition) is 1. The van der Waals surface area contributed by atoms with Crippen LogP contribution < -0.4 is 0 Å². The molecule has 0 aliphatic heterocycles. The SMILES string of the molecule is CC(c1ccc(C(F)(F)F)cc1)C1(C(=O)O)CC1(C)C. The molecule has 0 amide bonds. The Hall–Kier alpha value is -1.52. The molecule has 0 radical (unpaired) electrons. The fourth-order valence-corrected chi connectivity index (χ4v) is 3.19. The molecule has 1 aliphatic carbocycles. The summed E-state index contributed by atoms with van der Waals surface area (Å²) in [5, 5.41) is 9.47. The maximum atomic E-state index is 12.5. The van der Waals surface area contributed by atoms with Crippen molar-refractivity contribution in [1.82, 2.24) is 0 Å². The van der Waals surface area contributed by atoms with Crippen molar-refractivity contribution in [2.24, 2.45) is 10.8 Å². The van der Waals surface area contributed by atoms with Gasteiger partial charge in [0.2, 0.25) is 0 Å². The van der Waals surface area contributed by atoms with Crippen LogP contribution in [0.3, 0.4) is 0 Å². The van der Waals surface area contributed by atoms with Gasteiger partial charge in [0.1, 0.15) is 0 Å². The number of carboxylic acids is 1. The van der Waals surface area contributed by atoms with Gasteiger partial charge >= 0.3 is 12.1 Å². The fourth-order valence-electron chi connectivity index (χ4n) is 3.19. The number of aliphatic carboxylic acids is 1. The highest BCUT2D eigenvalue weighted by Gasteiger charge is 2.69. The molecule has 1 N–H and O–H groups in total. The molecule has 0 spiro atoms. The van der Waals surface area contributed by atoms with Gasteiger partial charge in [-0.05, 0) is 35.4 Å². The maximum absolute atomic E-state index is 12.5. The molecular weight excluding hydrogens is 269 g/mol. The summed E-state index contributed by atoms with van der Waals surface area (Å²) in [6.45, 7) is 5.52. The highest BCUT2D eigenvalue weighted by Crippen LogP contribution is 2.69. The van der Waals surface area contributed by atoms with E-state index in [0.29, 0.717) is 12.0 Å². The van der Waals surface area contributed by atoms with Gasteiger partial charge in [-0.25, -0.2) is 0 Å². The Morgan fingerprint density at radius 2 is 1.70 bits per heavy atom. The van der Waals surface area contributed by atoms with Crippen LogP contribution in [-0.4, -0.2) is 11.1 Å². The number of halogens is 3. The third-order valence-electron chi connectivity index (χ3n) is 4.66. The standard InChI is InChI=1S/C15H17F3O2/c1-9(14(12(19)20)8-13(14,2)3)10-4-6-11(7-5-10)15(16,17)18/h4-7,9H,8H2,1-3H3,(H,19,20). The van der Waals surface area contributed by atoms with Gasteiger partial charge in [0.05, 0.1) is 11.0 Å². The van der Waals surface area contributed by atoms with E-state index in [0.717, 1.165) is 12.1 Å². The van der Waals surface area contributed by atoms with Crippen molar-refractivity contribution in [3.05, 3.63) is 35.4 Å². The van der Waals surface area contributed by atoms with E-state index in [9.17, 15) is 23.1 Å². The van der Waals surface area contributed by atoms with E-state index in [1.54, 1.807) is 6.92 Å². The lowest BCUT2D eigenvalue weighted by Crippen LogP contribution is -2.27. The largest absolute Gasteiger partial charge is 0.481 e. The van der Waals surface area contributed by atoms with E-state index in [4.69, 9.17) is 0 Å². The van der Waals surface area contributed by atoms with Gasteiger partial charge in [-0.2, -0.15) is 13.2 Å². The molecule has 2 nitrogen and oxygen atoms in total. The average Bonchev–Trinajstić information content (AvgIpc) is 2.92. The summed E-state index contributed by atoms with van der Waals surface area (Å²) in [6, 6.07) is 4.78. The Balaban J connectivity index is 2.31. The van der Waals surface area contributed by atoms with Gasteiger partial charge in [0, 0.05) is 0 Å². The lowest BCUT2D eigenvalue weighted by Gasteiger charge is -2.24. The maximum Gasteiger partial charge on any atom is 0.416 e. The van der Waals surface area contributed by atoms with Gasteiger partial charge in [-0.15, -0.1) is 0 Å². The van der Waals surface area contributed by atoms with Crippen molar-refractivity contribution < 1.29 is 23.1 Å². The highest BCUT2D eigenvalue weighted by molar-refractivity contribution is 5.81. The van der Waals surface area contributed by atoms with Gasteiger partial charge in [0.25, 0.3) is 0 Å².